The van der Waals surface area contributed by atoms with Crippen LogP contribution in [0.4, 0.5) is 0 Å². The zero-order valence-electron chi connectivity index (χ0n) is 7.12. The quantitative estimate of drug-likeness (QED) is 0.245. The van der Waals surface area contributed by atoms with Crippen LogP contribution in [-0.2, 0) is 0 Å². The fraction of sp³-hybridized carbons (Fsp3) is 0.500. The summed E-state index contributed by atoms with van der Waals surface area (Å²) in [5.41, 5.74) is 0. The van der Waals surface area contributed by atoms with Crippen LogP contribution in [0.1, 0.15) is 13.8 Å². The van der Waals surface area contributed by atoms with Gasteiger partial charge < -0.3 is 0 Å². The van der Waals surface area contributed by atoms with Gasteiger partial charge in [0.05, 0.1) is 7.85 Å². The van der Waals surface area contributed by atoms with Crippen molar-refractivity contribution in [2.45, 2.75) is 21.7 Å². The van der Waals surface area contributed by atoms with Crippen LogP contribution >= 0.6 is 113 Å². The predicted molar refractivity (Wildman–Crippen MR) is 104 cm³/mol. The molecule has 0 aromatic rings. The summed E-state index contributed by atoms with van der Waals surface area (Å²) in [6.07, 6.45) is 2.19. The average molecular weight is 740 g/mol. The second-order valence-corrected chi connectivity index (χ2v) is 9.07. The van der Waals surface area contributed by atoms with Crippen LogP contribution < -0.4 is 0 Å². The number of alkyl halides is 2. The Hall–Kier alpha value is 3.13. The highest BCUT2D eigenvalue weighted by Gasteiger charge is 2.21. The van der Waals surface area contributed by atoms with Gasteiger partial charge >= 0.3 is 0 Å². The second-order valence-electron chi connectivity index (χ2n) is 2.36. The Morgan fingerprint density at radius 1 is 1.08 bits per heavy atom. The summed E-state index contributed by atoms with van der Waals surface area (Å²) < 4.78 is 5.50. The summed E-state index contributed by atoms with van der Waals surface area (Å²) in [5.74, 6) is 0. The summed E-state index contributed by atoms with van der Waals surface area (Å²) in [4.78, 5) is 0. The van der Waals surface area contributed by atoms with Crippen molar-refractivity contribution in [2.75, 3.05) is 0 Å². The first-order valence-corrected chi connectivity index (χ1v) is 9.26. The molecule has 0 saturated carbocycles. The SMILES string of the molecule is C/C=C(/I)C(I)C(I)/C(I)=C(\C)I. The molecule has 0 aromatic heterocycles. The Labute approximate surface area is 148 Å². The zero-order valence-corrected chi connectivity index (χ0v) is 17.9. The molecule has 0 spiro atoms. The van der Waals surface area contributed by atoms with Crippen LogP contribution in [0.15, 0.2) is 16.8 Å². The highest BCUT2D eigenvalue weighted by molar-refractivity contribution is 14.1. The van der Waals surface area contributed by atoms with E-state index in [1.54, 1.807) is 0 Å². The lowest BCUT2D eigenvalue weighted by Gasteiger charge is -2.16. The Balaban J connectivity index is 4.62. The summed E-state index contributed by atoms with van der Waals surface area (Å²) in [6.45, 7) is 4.27. The highest BCUT2D eigenvalue weighted by atomic mass is 127. The molecule has 2 unspecified atom stereocenters. The molecule has 5 heteroatoms. The number of halogens is 5. The fourth-order valence-corrected chi connectivity index (χ4v) is 5.22. The largest absolute Gasteiger partial charge is 0.0772 e. The molecule has 0 aromatic carbocycles. The molecule has 0 aliphatic heterocycles. The first-order valence-electron chi connectivity index (χ1n) is 3.53. The van der Waals surface area contributed by atoms with Crippen molar-refractivity contribution in [3.63, 3.8) is 0 Å². The Kier molecular flexibility index (Phi) is 10.2. The Morgan fingerprint density at radius 2 is 1.54 bits per heavy atom. The lowest BCUT2D eigenvalue weighted by atomic mass is 10.3. The van der Waals surface area contributed by atoms with Crippen LogP contribution in [0.3, 0.4) is 0 Å². The molecule has 0 aliphatic rings. The number of allylic oxidation sites excluding steroid dienone is 4. The van der Waals surface area contributed by atoms with E-state index in [1.165, 1.54) is 10.7 Å². The van der Waals surface area contributed by atoms with Crippen molar-refractivity contribution >= 4 is 113 Å². The molecule has 2 atom stereocenters. The van der Waals surface area contributed by atoms with Crippen LogP contribution in [-0.4, -0.2) is 7.85 Å². The topological polar surface area (TPSA) is 0 Å². The van der Waals surface area contributed by atoms with Gasteiger partial charge in [-0.2, -0.15) is 0 Å². The van der Waals surface area contributed by atoms with Crippen molar-refractivity contribution in [1.29, 1.82) is 0 Å². The van der Waals surface area contributed by atoms with E-state index in [9.17, 15) is 0 Å². The fourth-order valence-electron chi connectivity index (χ4n) is 0.617. The molecule has 13 heavy (non-hydrogen) atoms. The van der Waals surface area contributed by atoms with E-state index in [2.05, 4.69) is 133 Å². The van der Waals surface area contributed by atoms with E-state index in [0.717, 1.165) is 0 Å². The molecule has 0 nitrogen and oxygen atoms in total. The third-order valence-electron chi connectivity index (χ3n) is 1.37. The zero-order chi connectivity index (χ0) is 10.6. The summed E-state index contributed by atoms with van der Waals surface area (Å²) >= 11 is 12.3. The predicted octanol–water partition coefficient (Wildman–Crippen LogP) is 6.03. The van der Waals surface area contributed by atoms with Gasteiger partial charge in [-0.25, -0.2) is 0 Å². The van der Waals surface area contributed by atoms with Crippen LogP contribution in [0.25, 0.3) is 0 Å². The first-order chi connectivity index (χ1) is 5.91. The molecule has 76 valence electrons. The van der Waals surface area contributed by atoms with Gasteiger partial charge in [-0.3, -0.25) is 0 Å². The average Bonchev–Trinajstić information content (AvgIpc) is 2.12. The van der Waals surface area contributed by atoms with E-state index >= 15 is 0 Å². The highest BCUT2D eigenvalue weighted by Crippen LogP contribution is 2.36. The van der Waals surface area contributed by atoms with Crippen LogP contribution in [0, 0.1) is 0 Å². The molecule has 0 N–H and O–H groups in total. The summed E-state index contributed by atoms with van der Waals surface area (Å²) in [6, 6.07) is 0. The molecule has 0 rings (SSSR count). The van der Waals surface area contributed by atoms with Crippen LogP contribution in [0.2, 0.25) is 0 Å². The smallest absolute Gasteiger partial charge is 0.0587 e. The second kappa shape index (κ2) is 8.25. The minimum absolute atomic E-state index is 0.596. The Bertz CT molecular complexity index is 227. The minimum atomic E-state index is 0.596. The lowest BCUT2D eigenvalue weighted by molar-refractivity contribution is 1.15. The van der Waals surface area contributed by atoms with Crippen LogP contribution in [0.5, 0.6) is 0 Å². The monoisotopic (exact) mass is 740 g/mol. The summed E-state index contributed by atoms with van der Waals surface area (Å²) in [7, 11) is 0. The lowest BCUT2D eigenvalue weighted by Crippen LogP contribution is -2.14. The molecular weight excluding hydrogens is 731 g/mol. The van der Waals surface area contributed by atoms with Crippen molar-refractivity contribution < 1.29 is 0 Å². The van der Waals surface area contributed by atoms with Crippen molar-refractivity contribution in [3.8, 4) is 0 Å². The van der Waals surface area contributed by atoms with E-state index in [1.807, 2.05) is 0 Å². The molecular formula is C8H9I5. The first kappa shape index (κ1) is 16.1. The molecule has 0 saturated heterocycles. The molecule has 0 amide bonds. The van der Waals surface area contributed by atoms with E-state index in [-0.39, 0.29) is 0 Å². The van der Waals surface area contributed by atoms with Gasteiger partial charge in [0, 0.05) is 7.16 Å². The van der Waals surface area contributed by atoms with Crippen molar-refractivity contribution in [2.24, 2.45) is 0 Å². The number of hydrogen-bond acceptors (Lipinski definition) is 0. The van der Waals surface area contributed by atoms with Gasteiger partial charge in [0.25, 0.3) is 0 Å². The van der Waals surface area contributed by atoms with Crippen molar-refractivity contribution in [3.05, 3.63) is 16.8 Å². The summed E-state index contributed by atoms with van der Waals surface area (Å²) in [5, 5.41) is 0. The third-order valence-corrected chi connectivity index (χ3v) is 12.2. The molecule has 0 radical (unpaired) electrons. The molecule has 0 bridgehead atoms. The maximum Gasteiger partial charge on any atom is 0.0587 e. The number of hydrogen-bond donors (Lipinski definition) is 0. The standard InChI is InChI=1S/C8H9I5/c1-3-5(10)7(12)8(13)6(11)4(2)9/h3,7-8H,1-2H3/b5-3+,6-4-. The van der Waals surface area contributed by atoms with Gasteiger partial charge in [0.1, 0.15) is 0 Å². The third kappa shape index (κ3) is 5.84. The van der Waals surface area contributed by atoms with Gasteiger partial charge in [-0.15, -0.1) is 0 Å². The number of rotatable bonds is 3. The molecule has 0 aliphatic carbocycles. The van der Waals surface area contributed by atoms with E-state index in [4.69, 9.17) is 0 Å². The Morgan fingerprint density at radius 3 is 1.85 bits per heavy atom. The minimum Gasteiger partial charge on any atom is -0.0772 e. The van der Waals surface area contributed by atoms with Crippen molar-refractivity contribution in [1.82, 2.24) is 0 Å². The van der Waals surface area contributed by atoms with Gasteiger partial charge in [-0.1, -0.05) is 51.3 Å². The maximum absolute atomic E-state index is 2.52. The molecule has 0 fully saturated rings. The van der Waals surface area contributed by atoms with E-state index < -0.39 is 0 Å². The van der Waals surface area contributed by atoms with Gasteiger partial charge in [0.15, 0.2) is 0 Å². The van der Waals surface area contributed by atoms with Gasteiger partial charge in [0.2, 0.25) is 0 Å². The maximum atomic E-state index is 2.52. The normalized spacial score (nSPS) is 19.5. The molecule has 0 heterocycles. The van der Waals surface area contributed by atoms with E-state index in [0.29, 0.717) is 7.85 Å². The van der Waals surface area contributed by atoms with Gasteiger partial charge in [-0.05, 0) is 85.2 Å².